The molecule has 0 radical (unpaired) electrons. The normalized spacial score (nSPS) is 12.4. The van der Waals surface area contributed by atoms with Gasteiger partial charge in [-0.3, -0.25) is 0 Å². The van der Waals surface area contributed by atoms with Gasteiger partial charge in [0.25, 0.3) is 0 Å². The van der Waals surface area contributed by atoms with E-state index in [1.54, 1.807) is 0 Å². The van der Waals surface area contributed by atoms with Crippen LogP contribution in [0.1, 0.15) is 22.3 Å². The van der Waals surface area contributed by atoms with Gasteiger partial charge in [-0.2, -0.15) is 0 Å². The van der Waals surface area contributed by atoms with E-state index in [9.17, 15) is 0 Å². The minimum Gasteiger partial charge on any atom is -0.310 e. The van der Waals surface area contributed by atoms with Crippen LogP contribution in [0.4, 0.5) is 17.1 Å². The maximum absolute atomic E-state index is 2.46. The fraction of sp³-hybridized carbons (Fsp3) is 0.0137. The third-order valence-electron chi connectivity index (χ3n) is 15.4. The Morgan fingerprint density at radius 1 is 0.253 bits per heavy atom. The number of anilines is 3. The molecule has 1 aliphatic rings. The van der Waals surface area contributed by atoms with Gasteiger partial charge in [-0.1, -0.05) is 231 Å². The van der Waals surface area contributed by atoms with Crippen LogP contribution < -0.4 is 4.90 Å². The summed E-state index contributed by atoms with van der Waals surface area (Å²) in [5.41, 5.74) is 23.2. The van der Waals surface area contributed by atoms with E-state index in [2.05, 4.69) is 313 Å². The maximum Gasteiger partial charge on any atom is 0.0714 e. The molecule has 0 spiro atoms. The standard InChI is InChI=1S/C73H50N2/c1-6-21-51(22-7-1)54-37-40-61(41-38-54)74(63-42-43-66-65-33-16-18-35-69(65)73(70(66)50-63,59-28-12-4-13-29-59)60-30-14-5-15-31-60)62-32-20-27-55(46-62)56-39-44-72-68(49-56)67-34-17-19-36-71(67)75(72)64-47-57(52-23-8-2-9-24-52)45-58(48-64)53-25-10-3-11-26-53/h1-50H. The van der Waals surface area contributed by atoms with Gasteiger partial charge in [-0.05, 0) is 151 Å². The Morgan fingerprint density at radius 3 is 1.37 bits per heavy atom. The average molecular weight is 955 g/mol. The first-order valence-electron chi connectivity index (χ1n) is 25.9. The van der Waals surface area contributed by atoms with Crippen LogP contribution in [-0.2, 0) is 5.41 Å². The molecule has 0 saturated carbocycles. The smallest absolute Gasteiger partial charge is 0.0714 e. The van der Waals surface area contributed by atoms with Gasteiger partial charge in [0.05, 0.1) is 16.4 Å². The summed E-state index contributed by atoms with van der Waals surface area (Å²) in [5, 5.41) is 2.43. The van der Waals surface area contributed by atoms with E-state index in [4.69, 9.17) is 0 Å². The third kappa shape index (κ3) is 7.49. The number of benzene rings is 12. The Bertz CT molecular complexity index is 4100. The predicted molar refractivity (Wildman–Crippen MR) is 315 cm³/mol. The summed E-state index contributed by atoms with van der Waals surface area (Å²) in [6.07, 6.45) is 0. The fourth-order valence-electron chi connectivity index (χ4n) is 12.0. The molecule has 1 heterocycles. The second-order valence-electron chi connectivity index (χ2n) is 19.6. The fourth-order valence-corrected chi connectivity index (χ4v) is 12.0. The molecule has 1 aliphatic carbocycles. The largest absolute Gasteiger partial charge is 0.310 e. The highest BCUT2D eigenvalue weighted by molar-refractivity contribution is 6.11. The van der Waals surface area contributed by atoms with Crippen LogP contribution in [0.25, 0.3) is 83.1 Å². The summed E-state index contributed by atoms with van der Waals surface area (Å²) in [6.45, 7) is 0. The topological polar surface area (TPSA) is 8.17 Å². The molecule has 0 atom stereocenters. The Balaban J connectivity index is 0.934. The van der Waals surface area contributed by atoms with Crippen LogP contribution in [0.15, 0.2) is 303 Å². The van der Waals surface area contributed by atoms with E-state index in [0.29, 0.717) is 0 Å². The lowest BCUT2D eigenvalue weighted by atomic mass is 9.67. The van der Waals surface area contributed by atoms with E-state index in [-0.39, 0.29) is 0 Å². The van der Waals surface area contributed by atoms with E-state index in [1.165, 1.54) is 88.6 Å². The van der Waals surface area contributed by atoms with Crippen molar-refractivity contribution in [2.45, 2.75) is 5.41 Å². The van der Waals surface area contributed by atoms with Crippen LogP contribution in [0.2, 0.25) is 0 Å². The van der Waals surface area contributed by atoms with Crippen LogP contribution in [0.5, 0.6) is 0 Å². The Hall–Kier alpha value is -9.76. The lowest BCUT2D eigenvalue weighted by Crippen LogP contribution is -2.28. The summed E-state index contributed by atoms with van der Waals surface area (Å²) in [4.78, 5) is 2.44. The number of aromatic nitrogens is 1. The molecular formula is C73H50N2. The van der Waals surface area contributed by atoms with Crippen molar-refractivity contribution in [3.63, 3.8) is 0 Å². The van der Waals surface area contributed by atoms with Gasteiger partial charge in [0.15, 0.2) is 0 Å². The van der Waals surface area contributed by atoms with E-state index in [1.807, 2.05) is 0 Å². The zero-order valence-electron chi connectivity index (χ0n) is 41.3. The Morgan fingerprint density at radius 2 is 0.720 bits per heavy atom. The highest BCUT2D eigenvalue weighted by atomic mass is 15.1. The Labute approximate surface area is 438 Å². The average Bonchev–Trinajstić information content (AvgIpc) is 3.99. The van der Waals surface area contributed by atoms with Gasteiger partial charge < -0.3 is 9.47 Å². The number of hydrogen-bond acceptors (Lipinski definition) is 1. The Kier molecular flexibility index (Phi) is 10.8. The van der Waals surface area contributed by atoms with Gasteiger partial charge in [0.1, 0.15) is 0 Å². The zero-order chi connectivity index (χ0) is 49.7. The van der Waals surface area contributed by atoms with E-state index in [0.717, 1.165) is 33.9 Å². The summed E-state index contributed by atoms with van der Waals surface area (Å²) in [5.74, 6) is 0. The number of nitrogens with zero attached hydrogens (tertiary/aromatic N) is 2. The highest BCUT2D eigenvalue weighted by Crippen LogP contribution is 2.57. The molecule has 14 rings (SSSR count). The van der Waals surface area contributed by atoms with Gasteiger partial charge >= 0.3 is 0 Å². The molecule has 0 saturated heterocycles. The van der Waals surface area contributed by atoms with Crippen molar-refractivity contribution in [1.82, 2.24) is 4.57 Å². The highest BCUT2D eigenvalue weighted by Gasteiger charge is 2.46. The van der Waals surface area contributed by atoms with Crippen molar-refractivity contribution < 1.29 is 0 Å². The molecule has 12 aromatic carbocycles. The number of hydrogen-bond donors (Lipinski definition) is 0. The van der Waals surface area contributed by atoms with Crippen molar-refractivity contribution in [3.05, 3.63) is 326 Å². The summed E-state index contributed by atoms with van der Waals surface area (Å²) >= 11 is 0. The number of fused-ring (bicyclic) bond motifs is 6. The first-order valence-corrected chi connectivity index (χ1v) is 25.9. The maximum atomic E-state index is 2.46. The first kappa shape index (κ1) is 44.0. The zero-order valence-corrected chi connectivity index (χ0v) is 41.3. The molecular weight excluding hydrogens is 905 g/mol. The molecule has 75 heavy (non-hydrogen) atoms. The molecule has 1 aromatic heterocycles. The first-order chi connectivity index (χ1) is 37.2. The van der Waals surface area contributed by atoms with Crippen molar-refractivity contribution in [2.75, 3.05) is 4.90 Å². The van der Waals surface area contributed by atoms with Crippen molar-refractivity contribution in [2.24, 2.45) is 0 Å². The van der Waals surface area contributed by atoms with Gasteiger partial charge in [0.2, 0.25) is 0 Å². The minimum absolute atomic E-state index is 0.532. The molecule has 0 bridgehead atoms. The monoisotopic (exact) mass is 954 g/mol. The third-order valence-corrected chi connectivity index (χ3v) is 15.4. The van der Waals surface area contributed by atoms with Gasteiger partial charge in [-0.15, -0.1) is 0 Å². The van der Waals surface area contributed by atoms with Crippen molar-refractivity contribution >= 4 is 38.9 Å². The predicted octanol–water partition coefficient (Wildman–Crippen LogP) is 19.3. The summed E-state index contributed by atoms with van der Waals surface area (Å²) in [7, 11) is 0. The van der Waals surface area contributed by atoms with Crippen LogP contribution in [0.3, 0.4) is 0 Å². The van der Waals surface area contributed by atoms with Crippen LogP contribution in [-0.4, -0.2) is 4.57 Å². The lowest BCUT2D eigenvalue weighted by Gasteiger charge is -2.35. The lowest BCUT2D eigenvalue weighted by molar-refractivity contribution is 0.768. The molecule has 0 fully saturated rings. The number of para-hydroxylation sites is 1. The summed E-state index contributed by atoms with van der Waals surface area (Å²) in [6, 6.07) is 111. The van der Waals surface area contributed by atoms with Crippen LogP contribution in [0, 0.1) is 0 Å². The molecule has 13 aromatic rings. The van der Waals surface area contributed by atoms with Crippen molar-refractivity contribution in [3.8, 4) is 61.3 Å². The van der Waals surface area contributed by atoms with Gasteiger partial charge in [-0.25, -0.2) is 0 Å². The second kappa shape index (κ2) is 18.4. The SMILES string of the molecule is c1ccc(-c2ccc(N(c3cccc(-c4ccc5c(c4)c4ccccc4n5-c4cc(-c5ccccc5)cc(-c5ccccc5)c4)c3)c3ccc4c(c3)C(c3ccccc3)(c3ccccc3)c3ccccc3-4)cc2)cc1. The van der Waals surface area contributed by atoms with Gasteiger partial charge in [0, 0.05) is 33.5 Å². The quantitative estimate of drug-likeness (QED) is 0.133. The van der Waals surface area contributed by atoms with Crippen molar-refractivity contribution in [1.29, 1.82) is 0 Å². The molecule has 0 N–H and O–H groups in total. The summed E-state index contributed by atoms with van der Waals surface area (Å²) < 4.78 is 2.45. The molecule has 0 amide bonds. The van der Waals surface area contributed by atoms with E-state index < -0.39 is 5.41 Å². The second-order valence-corrected chi connectivity index (χ2v) is 19.6. The molecule has 2 heteroatoms. The van der Waals surface area contributed by atoms with E-state index >= 15 is 0 Å². The van der Waals surface area contributed by atoms with Crippen LogP contribution >= 0.6 is 0 Å². The molecule has 2 nitrogen and oxygen atoms in total. The molecule has 0 unspecified atom stereocenters. The molecule has 352 valence electrons. The minimum atomic E-state index is -0.532. The number of rotatable bonds is 10. The molecule has 0 aliphatic heterocycles.